The quantitative estimate of drug-likeness (QED) is 0.0758. The van der Waals surface area contributed by atoms with Gasteiger partial charge >= 0.3 is 0 Å². The van der Waals surface area contributed by atoms with Crippen LogP contribution in [0.5, 0.6) is 0 Å². The largest absolute Gasteiger partial charge is 0.279 e. The van der Waals surface area contributed by atoms with Gasteiger partial charge in [-0.2, -0.15) is 9.13 Å². The molecule has 3 atom stereocenters. The number of rotatable bonds is 8. The number of allylic oxidation sites excluding steroid dienone is 4. The van der Waals surface area contributed by atoms with Gasteiger partial charge in [-0.1, -0.05) is 114 Å². The zero-order valence-electron chi connectivity index (χ0n) is 32.4. The van der Waals surface area contributed by atoms with E-state index in [1.54, 1.807) is 5.19 Å². The first-order chi connectivity index (χ1) is 24.4. The molecule has 4 heterocycles. The van der Waals surface area contributed by atoms with Crippen LogP contribution in [0.3, 0.4) is 0 Å². The zero-order valence-corrected chi connectivity index (χ0v) is 33.4. The topological polar surface area (TPSA) is 20.1 Å². The van der Waals surface area contributed by atoms with Gasteiger partial charge in [-0.3, -0.25) is 4.99 Å². The Morgan fingerprint density at radius 3 is 2.49 bits per heavy atom. The van der Waals surface area contributed by atoms with E-state index in [0.717, 1.165) is 44.4 Å². The predicted octanol–water partition coefficient (Wildman–Crippen LogP) is 10.2. The third kappa shape index (κ3) is 7.87. The van der Waals surface area contributed by atoms with E-state index in [2.05, 4.69) is 173 Å². The van der Waals surface area contributed by atoms with Gasteiger partial charge in [-0.05, 0) is 79.8 Å². The van der Waals surface area contributed by atoms with E-state index >= 15 is 0 Å². The van der Waals surface area contributed by atoms with Crippen LogP contribution in [0.15, 0.2) is 127 Å². The van der Waals surface area contributed by atoms with Crippen LogP contribution in [0.2, 0.25) is 19.6 Å². The average Bonchev–Trinajstić information content (AvgIpc) is 3.10. The summed E-state index contributed by atoms with van der Waals surface area (Å²) in [6, 6.07) is 27.6. The van der Waals surface area contributed by atoms with Crippen LogP contribution in [0.1, 0.15) is 99.7 Å². The minimum Gasteiger partial charge on any atom is -0.279 e. The number of hydrogen-bond acceptors (Lipinski definition) is 1. The molecule has 0 saturated heterocycles. The van der Waals surface area contributed by atoms with E-state index in [9.17, 15) is 0 Å². The number of aromatic nitrogens is 2. The maximum atomic E-state index is 5.60. The van der Waals surface area contributed by atoms with E-state index in [1.165, 1.54) is 44.8 Å². The second-order valence-electron chi connectivity index (χ2n) is 16.3. The van der Waals surface area contributed by atoms with Gasteiger partial charge in [0.25, 0.3) is 0 Å². The maximum absolute atomic E-state index is 5.60. The highest BCUT2D eigenvalue weighted by atomic mass is 28.3. The van der Waals surface area contributed by atoms with Crippen molar-refractivity contribution in [2.24, 2.45) is 4.99 Å². The van der Waals surface area contributed by atoms with E-state index in [0.29, 0.717) is 5.92 Å². The molecule has 4 aromatic rings. The van der Waals surface area contributed by atoms with Gasteiger partial charge in [0.15, 0.2) is 30.7 Å². The van der Waals surface area contributed by atoms with Crippen molar-refractivity contribution in [3.05, 3.63) is 150 Å². The van der Waals surface area contributed by atoms with Crippen molar-refractivity contribution in [2.75, 3.05) is 0 Å². The molecule has 0 N–H and O–H groups in total. The summed E-state index contributed by atoms with van der Waals surface area (Å²) >= 11 is 0. The number of benzene rings is 2. The van der Waals surface area contributed by atoms with Crippen LogP contribution in [0.25, 0.3) is 11.3 Å². The lowest BCUT2D eigenvalue weighted by Gasteiger charge is -2.36. The third-order valence-electron chi connectivity index (χ3n) is 11.0. The van der Waals surface area contributed by atoms with Crippen molar-refractivity contribution in [1.82, 2.24) is 0 Å². The molecule has 6 rings (SSSR count). The van der Waals surface area contributed by atoms with E-state index in [4.69, 9.17) is 11.6 Å². The lowest BCUT2D eigenvalue weighted by atomic mass is 9.74. The maximum Gasteiger partial charge on any atom is 0.213 e. The van der Waals surface area contributed by atoms with Crippen LogP contribution >= 0.6 is 0 Å². The summed E-state index contributed by atoms with van der Waals surface area (Å²) in [5, 5.41) is 1.54. The van der Waals surface area contributed by atoms with Gasteiger partial charge in [0.1, 0.15) is 0 Å². The fourth-order valence-electron chi connectivity index (χ4n) is 8.53. The molecule has 0 bridgehead atoms. The molecule has 51 heavy (non-hydrogen) atoms. The average molecular weight is 694 g/mol. The van der Waals surface area contributed by atoms with Crippen molar-refractivity contribution < 1.29 is 9.13 Å². The number of nitrogens with zero attached hydrogens (tertiary/aromatic N) is 3. The highest BCUT2D eigenvalue weighted by molar-refractivity contribution is 6.89. The summed E-state index contributed by atoms with van der Waals surface area (Å²) in [6.07, 6.45) is 18.7. The predicted molar refractivity (Wildman–Crippen MR) is 219 cm³/mol. The monoisotopic (exact) mass is 693 g/mol. The Bertz CT molecular complexity index is 1980. The third-order valence-corrected chi connectivity index (χ3v) is 13.1. The highest BCUT2D eigenvalue weighted by Crippen LogP contribution is 2.45. The standard InChI is InChI=1S/C47H59N3Si/c1-10-12-25-47(48-36(6)18-11-2)26-23-43-41-21-16-17-22-42(41)44-30-39(28-37-19-14-13-15-20-37)45(51(7,8)9)33-50(44)46(43)35(5)32-49-27-24-38(34(3)4)29-40(49)31-47/h11-22,24-25,27,29-30,33-34,43,46H,5,10,23,26,28,31-32H2,1-4,6-9H3/q+2/b18-11-,25-12-,48-36-. The first-order valence-corrected chi connectivity index (χ1v) is 22.7. The zero-order chi connectivity index (χ0) is 36.3. The molecule has 0 aliphatic carbocycles. The van der Waals surface area contributed by atoms with Crippen molar-refractivity contribution in [1.29, 1.82) is 0 Å². The highest BCUT2D eigenvalue weighted by Gasteiger charge is 2.46. The number of fused-ring (bicyclic) bond motifs is 7. The van der Waals surface area contributed by atoms with E-state index in [1.807, 2.05) is 0 Å². The molecule has 0 radical (unpaired) electrons. The Labute approximate surface area is 309 Å². The Kier molecular flexibility index (Phi) is 10.9. The van der Waals surface area contributed by atoms with Crippen LogP contribution in [0, 0.1) is 0 Å². The molecular weight excluding hydrogens is 635 g/mol. The summed E-state index contributed by atoms with van der Waals surface area (Å²) in [5.41, 5.74) is 11.7. The van der Waals surface area contributed by atoms with Crippen molar-refractivity contribution >= 4 is 19.0 Å². The summed E-state index contributed by atoms with van der Waals surface area (Å²) < 4.78 is 5.13. The van der Waals surface area contributed by atoms with Crippen LogP contribution in [0.4, 0.5) is 0 Å². The molecule has 0 spiro atoms. The van der Waals surface area contributed by atoms with Crippen LogP contribution < -0.4 is 14.3 Å². The lowest BCUT2D eigenvalue weighted by Crippen LogP contribution is -2.56. The van der Waals surface area contributed by atoms with E-state index < -0.39 is 8.07 Å². The summed E-state index contributed by atoms with van der Waals surface area (Å²) in [5.74, 6) is 0.736. The summed E-state index contributed by atoms with van der Waals surface area (Å²) in [7, 11) is -1.73. The Morgan fingerprint density at radius 1 is 1.04 bits per heavy atom. The molecule has 2 aromatic heterocycles. The molecule has 2 aliphatic rings. The molecule has 0 saturated carbocycles. The van der Waals surface area contributed by atoms with Crippen LogP contribution in [-0.2, 0) is 19.4 Å². The number of pyridine rings is 2. The summed E-state index contributed by atoms with van der Waals surface area (Å²) in [6.45, 7) is 24.3. The van der Waals surface area contributed by atoms with Crippen molar-refractivity contribution in [3.8, 4) is 11.3 Å². The Hall–Kier alpha value is -4.15. The number of hydrogen-bond donors (Lipinski definition) is 0. The fraction of sp³-hybridized carbons (Fsp3) is 0.383. The van der Waals surface area contributed by atoms with Gasteiger partial charge in [0.05, 0.1) is 31.5 Å². The summed E-state index contributed by atoms with van der Waals surface area (Å²) in [4.78, 5) is 5.60. The molecule has 4 heteroatoms. The molecule has 3 unspecified atom stereocenters. The minimum atomic E-state index is -1.73. The normalized spacial score (nSPS) is 21.0. The second-order valence-corrected chi connectivity index (χ2v) is 21.4. The smallest absolute Gasteiger partial charge is 0.213 e. The van der Waals surface area contributed by atoms with Gasteiger partial charge in [-0.15, -0.1) is 0 Å². The fourth-order valence-corrected chi connectivity index (χ4v) is 10.2. The van der Waals surface area contributed by atoms with Crippen molar-refractivity contribution in [2.45, 2.75) is 116 Å². The second kappa shape index (κ2) is 15.2. The molecule has 0 amide bonds. The van der Waals surface area contributed by atoms with Gasteiger partial charge in [-0.25, -0.2) is 0 Å². The number of aliphatic imine (C=N–C) groups is 1. The molecule has 2 aromatic carbocycles. The molecule has 2 aliphatic heterocycles. The van der Waals surface area contributed by atoms with E-state index in [-0.39, 0.29) is 17.5 Å². The first kappa shape index (κ1) is 36.6. The molecular formula is C47H59N3Si+2. The molecule has 264 valence electrons. The molecule has 0 fully saturated rings. The van der Waals surface area contributed by atoms with Gasteiger partial charge in [0, 0.05) is 34.7 Å². The van der Waals surface area contributed by atoms with Gasteiger partial charge in [0.2, 0.25) is 5.69 Å². The van der Waals surface area contributed by atoms with Crippen LogP contribution in [-0.4, -0.2) is 19.3 Å². The Morgan fingerprint density at radius 2 is 1.78 bits per heavy atom. The lowest BCUT2D eigenvalue weighted by molar-refractivity contribution is -0.728. The van der Waals surface area contributed by atoms with Crippen molar-refractivity contribution in [3.63, 3.8) is 0 Å². The minimum absolute atomic E-state index is 0.132. The van der Waals surface area contributed by atoms with Gasteiger partial charge < -0.3 is 0 Å². The first-order valence-electron chi connectivity index (χ1n) is 19.2. The SMILES string of the molecule is C=C1C[n+]2ccc(C(C)C)cc2CC(/C=C\CC)(/N=C(C)\C=C/C)CCC2c3ccccc3-c3cc(Cc4ccccc4)c([Si](C)(C)C)c[n+]3C12. The molecule has 3 nitrogen and oxygen atoms in total. The Balaban J connectivity index is 1.59.